The number of anilines is 1. The largest absolute Gasteiger partial charge is 0.383 e. The fourth-order valence-corrected chi connectivity index (χ4v) is 3.18. The first kappa shape index (κ1) is 13.2. The number of allylic oxidation sites excluding steroid dienone is 3. The molecule has 0 saturated heterocycles. The van der Waals surface area contributed by atoms with E-state index in [1.807, 2.05) is 6.92 Å². The van der Waals surface area contributed by atoms with Crippen molar-refractivity contribution < 1.29 is 4.79 Å². The van der Waals surface area contributed by atoms with Crippen LogP contribution in [-0.2, 0) is 0 Å². The van der Waals surface area contributed by atoms with Gasteiger partial charge in [-0.15, -0.1) is 0 Å². The summed E-state index contributed by atoms with van der Waals surface area (Å²) in [7, 11) is 0. The van der Waals surface area contributed by atoms with Crippen LogP contribution in [0.3, 0.4) is 0 Å². The van der Waals surface area contributed by atoms with E-state index in [1.54, 1.807) is 0 Å². The molecule has 0 bridgehead atoms. The molecule has 1 aromatic rings. The van der Waals surface area contributed by atoms with Crippen LogP contribution in [0.25, 0.3) is 0 Å². The maximum absolute atomic E-state index is 12.8. The molecule has 2 heteroatoms. The summed E-state index contributed by atoms with van der Waals surface area (Å²) >= 11 is 0. The smallest absolute Gasteiger partial charge is 0.174 e. The molecule has 0 aromatic heterocycles. The van der Waals surface area contributed by atoms with Crippen molar-refractivity contribution in [3.63, 3.8) is 0 Å². The Morgan fingerprint density at radius 1 is 1.25 bits per heavy atom. The monoisotopic (exact) mass is 267 g/mol. The van der Waals surface area contributed by atoms with Crippen LogP contribution in [0.1, 0.15) is 34.8 Å². The Bertz CT molecular complexity index is 625. The van der Waals surface area contributed by atoms with Gasteiger partial charge in [0.1, 0.15) is 0 Å². The first-order valence-electron chi connectivity index (χ1n) is 7.34. The van der Waals surface area contributed by atoms with Gasteiger partial charge in [-0.25, -0.2) is 0 Å². The second kappa shape index (κ2) is 4.93. The number of hydrogen-bond acceptors (Lipinski definition) is 2. The Morgan fingerprint density at radius 3 is 2.75 bits per heavy atom. The molecule has 1 heterocycles. The predicted octanol–water partition coefficient (Wildman–Crippen LogP) is 4.05. The Morgan fingerprint density at radius 2 is 2.05 bits per heavy atom. The van der Waals surface area contributed by atoms with Gasteiger partial charge in [-0.1, -0.05) is 31.2 Å². The van der Waals surface area contributed by atoms with Gasteiger partial charge in [0, 0.05) is 17.8 Å². The van der Waals surface area contributed by atoms with E-state index >= 15 is 0 Å². The third-order valence-corrected chi connectivity index (χ3v) is 4.28. The van der Waals surface area contributed by atoms with E-state index in [0.29, 0.717) is 12.5 Å². The summed E-state index contributed by atoms with van der Waals surface area (Å²) in [4.78, 5) is 12.8. The van der Waals surface area contributed by atoms with Crippen molar-refractivity contribution in [2.45, 2.75) is 27.2 Å². The lowest BCUT2D eigenvalue weighted by Gasteiger charge is -2.28. The number of hydrogen-bond donors (Lipinski definition) is 1. The van der Waals surface area contributed by atoms with Crippen LogP contribution in [0.4, 0.5) is 5.69 Å². The zero-order valence-electron chi connectivity index (χ0n) is 12.4. The van der Waals surface area contributed by atoms with Crippen molar-refractivity contribution in [3.05, 3.63) is 52.6 Å². The lowest BCUT2D eigenvalue weighted by atomic mass is 9.81. The van der Waals surface area contributed by atoms with Crippen molar-refractivity contribution in [3.8, 4) is 0 Å². The molecule has 3 rings (SSSR count). The van der Waals surface area contributed by atoms with Crippen molar-refractivity contribution in [1.29, 1.82) is 0 Å². The number of carbonyl (C=O) groups is 1. The number of nitrogens with one attached hydrogen (secondary N) is 1. The highest BCUT2D eigenvalue weighted by Crippen LogP contribution is 2.33. The number of rotatable bonds is 1. The molecule has 1 aliphatic carbocycles. The van der Waals surface area contributed by atoms with Crippen LogP contribution in [0, 0.1) is 25.7 Å². The third-order valence-electron chi connectivity index (χ3n) is 4.28. The lowest BCUT2D eigenvalue weighted by molar-refractivity contribution is 0.0942. The molecule has 104 valence electrons. The minimum Gasteiger partial charge on any atom is -0.383 e. The van der Waals surface area contributed by atoms with Crippen LogP contribution in [0.2, 0.25) is 0 Å². The second-order valence-corrected chi connectivity index (χ2v) is 6.08. The van der Waals surface area contributed by atoms with Crippen molar-refractivity contribution >= 4 is 11.5 Å². The number of aryl methyl sites for hydroxylation is 2. The van der Waals surface area contributed by atoms with Gasteiger partial charge >= 0.3 is 0 Å². The number of fused-ring (bicyclic) bond motifs is 1. The van der Waals surface area contributed by atoms with Gasteiger partial charge in [0.25, 0.3) is 0 Å². The van der Waals surface area contributed by atoms with Gasteiger partial charge in [-0.05, 0) is 49.0 Å². The van der Waals surface area contributed by atoms with Crippen LogP contribution >= 0.6 is 0 Å². The van der Waals surface area contributed by atoms with E-state index in [2.05, 4.69) is 49.5 Å². The minimum atomic E-state index is -0.0346. The van der Waals surface area contributed by atoms with Crippen LogP contribution < -0.4 is 5.32 Å². The van der Waals surface area contributed by atoms with E-state index in [-0.39, 0.29) is 11.7 Å². The van der Waals surface area contributed by atoms with E-state index in [1.165, 1.54) is 11.1 Å². The molecule has 0 radical (unpaired) electrons. The van der Waals surface area contributed by atoms with Gasteiger partial charge in [0.2, 0.25) is 0 Å². The van der Waals surface area contributed by atoms with Crippen molar-refractivity contribution in [2.75, 3.05) is 11.9 Å². The van der Waals surface area contributed by atoms with Crippen molar-refractivity contribution in [2.24, 2.45) is 11.8 Å². The molecule has 2 nitrogen and oxygen atoms in total. The maximum atomic E-state index is 12.8. The normalized spacial score (nSPS) is 24.9. The number of ketones is 1. The third kappa shape index (κ3) is 2.20. The van der Waals surface area contributed by atoms with Gasteiger partial charge in [-0.2, -0.15) is 0 Å². The first-order chi connectivity index (χ1) is 9.56. The molecule has 2 aliphatic rings. The molecule has 0 fully saturated rings. The maximum Gasteiger partial charge on any atom is 0.174 e. The highest BCUT2D eigenvalue weighted by Gasteiger charge is 2.31. The van der Waals surface area contributed by atoms with Crippen LogP contribution in [-0.4, -0.2) is 12.3 Å². The molecule has 1 aliphatic heterocycles. The van der Waals surface area contributed by atoms with Crippen LogP contribution in [0.15, 0.2) is 35.9 Å². The Kier molecular flexibility index (Phi) is 3.25. The molecular weight excluding hydrogens is 246 g/mol. The lowest BCUT2D eigenvalue weighted by Crippen LogP contribution is -2.32. The molecule has 0 amide bonds. The van der Waals surface area contributed by atoms with E-state index < -0.39 is 0 Å². The van der Waals surface area contributed by atoms with Gasteiger partial charge in [-0.3, -0.25) is 4.79 Å². The summed E-state index contributed by atoms with van der Waals surface area (Å²) in [5, 5.41) is 3.44. The molecule has 2 atom stereocenters. The van der Waals surface area contributed by atoms with E-state index in [4.69, 9.17) is 0 Å². The number of carbonyl (C=O) groups excluding carboxylic acids is 1. The average molecular weight is 267 g/mol. The van der Waals surface area contributed by atoms with Crippen molar-refractivity contribution in [1.82, 2.24) is 0 Å². The highest BCUT2D eigenvalue weighted by molar-refractivity contribution is 6.07. The average Bonchev–Trinajstić information content (AvgIpc) is 2.39. The molecule has 1 aromatic carbocycles. The number of Topliss-reactive ketones (excluding diaryl/α,β-unsaturated/α-hetero) is 1. The zero-order chi connectivity index (χ0) is 14.3. The number of benzene rings is 1. The van der Waals surface area contributed by atoms with Gasteiger partial charge in [0.05, 0.1) is 5.92 Å². The molecule has 1 N–H and O–H groups in total. The molecule has 20 heavy (non-hydrogen) atoms. The predicted molar refractivity (Wildman–Crippen MR) is 83.2 cm³/mol. The molecular formula is C18H21NO. The summed E-state index contributed by atoms with van der Waals surface area (Å²) in [6.07, 6.45) is 7.60. The summed E-state index contributed by atoms with van der Waals surface area (Å²) in [5.74, 6) is 0.816. The van der Waals surface area contributed by atoms with Gasteiger partial charge in [0.15, 0.2) is 5.78 Å². The van der Waals surface area contributed by atoms with E-state index in [9.17, 15) is 4.79 Å². The topological polar surface area (TPSA) is 29.1 Å². The highest BCUT2D eigenvalue weighted by atomic mass is 16.1. The second-order valence-electron chi connectivity index (χ2n) is 6.08. The minimum absolute atomic E-state index is 0.0346. The first-order valence-corrected chi connectivity index (χ1v) is 7.34. The fourth-order valence-electron chi connectivity index (χ4n) is 3.18. The Hall–Kier alpha value is -1.83. The Balaban J connectivity index is 1.96. The summed E-state index contributed by atoms with van der Waals surface area (Å²) in [6.45, 7) is 7.01. The summed E-state index contributed by atoms with van der Waals surface area (Å²) in [6, 6.07) is 4.16. The Labute approximate surface area is 120 Å². The quantitative estimate of drug-likeness (QED) is 0.831. The molecule has 0 spiro atoms. The standard InChI is InChI=1S/C18H21NO/c1-11-4-6-14(7-5-11)15-10-19-16-9-12(2)8-13(3)17(16)18(15)20/h4,6-9,11,15,19H,5,10H2,1-3H3. The summed E-state index contributed by atoms with van der Waals surface area (Å²) in [5.41, 5.74) is 5.32. The van der Waals surface area contributed by atoms with Crippen LogP contribution in [0.5, 0.6) is 0 Å². The zero-order valence-corrected chi connectivity index (χ0v) is 12.4. The van der Waals surface area contributed by atoms with E-state index in [0.717, 1.165) is 23.2 Å². The molecule has 2 unspecified atom stereocenters. The summed E-state index contributed by atoms with van der Waals surface area (Å²) < 4.78 is 0. The van der Waals surface area contributed by atoms with Gasteiger partial charge < -0.3 is 5.32 Å². The fraction of sp³-hybridized carbons (Fsp3) is 0.389. The molecule has 0 saturated carbocycles. The SMILES string of the molecule is Cc1cc(C)c2c(c1)NCC(C1=CCC(C)C=C1)C2=O.